The number of nitrogens with one attached hydrogen (secondary N) is 1. The van der Waals surface area contributed by atoms with Gasteiger partial charge in [-0.2, -0.15) is 0 Å². The van der Waals surface area contributed by atoms with Crippen LogP contribution in [0.3, 0.4) is 0 Å². The Labute approximate surface area is 158 Å². The Bertz CT molecular complexity index is 806. The van der Waals surface area contributed by atoms with Crippen molar-refractivity contribution in [2.75, 3.05) is 33.0 Å². The SMILES string of the molecule is O=C1N[C@@](Cc2ccccc2)(c2ccccc2)C(=O)N1CN1CCOCC1. The molecule has 0 spiro atoms. The molecular formula is C21H23N3O3. The lowest BCUT2D eigenvalue weighted by Gasteiger charge is -2.31. The number of urea groups is 1. The molecule has 0 radical (unpaired) electrons. The van der Waals surface area contributed by atoms with Crippen LogP contribution >= 0.6 is 0 Å². The number of amides is 3. The van der Waals surface area contributed by atoms with Gasteiger partial charge in [0.1, 0.15) is 0 Å². The Morgan fingerprint density at radius 3 is 2.22 bits per heavy atom. The van der Waals surface area contributed by atoms with Crippen molar-refractivity contribution in [3.05, 3.63) is 71.8 Å². The third kappa shape index (κ3) is 3.46. The maximum absolute atomic E-state index is 13.5. The summed E-state index contributed by atoms with van der Waals surface area (Å²) in [6, 6.07) is 19.0. The normalized spacial score (nSPS) is 23.5. The number of benzene rings is 2. The fourth-order valence-electron chi connectivity index (χ4n) is 3.74. The average Bonchev–Trinajstić information content (AvgIpc) is 2.95. The second-order valence-electron chi connectivity index (χ2n) is 6.97. The van der Waals surface area contributed by atoms with Gasteiger partial charge in [-0.25, -0.2) is 9.69 Å². The van der Waals surface area contributed by atoms with Crippen LogP contribution in [0.1, 0.15) is 11.1 Å². The Kier molecular flexibility index (Phi) is 4.92. The average molecular weight is 365 g/mol. The molecule has 0 bridgehead atoms. The lowest BCUT2D eigenvalue weighted by Crippen LogP contribution is -2.48. The Hall–Kier alpha value is -2.70. The zero-order valence-electron chi connectivity index (χ0n) is 15.1. The summed E-state index contributed by atoms with van der Waals surface area (Å²) in [7, 11) is 0. The lowest BCUT2D eigenvalue weighted by atomic mass is 9.83. The molecule has 6 nitrogen and oxygen atoms in total. The molecule has 2 heterocycles. The van der Waals surface area contributed by atoms with Gasteiger partial charge in [-0.3, -0.25) is 9.69 Å². The molecule has 2 aliphatic rings. The van der Waals surface area contributed by atoms with Crippen molar-refractivity contribution in [1.82, 2.24) is 15.1 Å². The van der Waals surface area contributed by atoms with Crippen molar-refractivity contribution >= 4 is 11.9 Å². The van der Waals surface area contributed by atoms with Gasteiger partial charge in [-0.1, -0.05) is 60.7 Å². The van der Waals surface area contributed by atoms with E-state index < -0.39 is 5.54 Å². The first-order chi connectivity index (χ1) is 13.2. The van der Waals surface area contributed by atoms with E-state index in [-0.39, 0.29) is 18.6 Å². The van der Waals surface area contributed by atoms with E-state index in [1.807, 2.05) is 60.7 Å². The van der Waals surface area contributed by atoms with Crippen molar-refractivity contribution in [2.45, 2.75) is 12.0 Å². The van der Waals surface area contributed by atoms with Gasteiger partial charge in [0.05, 0.1) is 19.9 Å². The highest BCUT2D eigenvalue weighted by atomic mass is 16.5. The highest BCUT2D eigenvalue weighted by molar-refractivity contribution is 6.07. The first-order valence-corrected chi connectivity index (χ1v) is 9.23. The summed E-state index contributed by atoms with van der Waals surface area (Å²) in [5.74, 6) is -0.200. The van der Waals surface area contributed by atoms with E-state index in [4.69, 9.17) is 4.74 Å². The molecule has 2 fully saturated rings. The van der Waals surface area contributed by atoms with Crippen LogP contribution in [-0.4, -0.2) is 54.7 Å². The quantitative estimate of drug-likeness (QED) is 0.823. The number of carbonyl (C=O) groups is 2. The van der Waals surface area contributed by atoms with Gasteiger partial charge in [0.25, 0.3) is 5.91 Å². The molecule has 2 aliphatic heterocycles. The summed E-state index contributed by atoms with van der Waals surface area (Å²) in [5, 5.41) is 3.00. The van der Waals surface area contributed by atoms with Crippen LogP contribution in [0.15, 0.2) is 60.7 Å². The van der Waals surface area contributed by atoms with Crippen LogP contribution in [0, 0.1) is 0 Å². The molecule has 27 heavy (non-hydrogen) atoms. The molecule has 2 saturated heterocycles. The molecule has 3 amide bonds. The molecule has 0 aromatic heterocycles. The number of rotatable bonds is 5. The number of imide groups is 1. The fraction of sp³-hybridized carbons (Fsp3) is 0.333. The van der Waals surface area contributed by atoms with Crippen molar-refractivity contribution in [3.8, 4) is 0 Å². The molecule has 0 saturated carbocycles. The Morgan fingerprint density at radius 2 is 1.56 bits per heavy atom. The highest BCUT2D eigenvalue weighted by Crippen LogP contribution is 2.33. The summed E-state index contributed by atoms with van der Waals surface area (Å²) in [4.78, 5) is 29.7. The summed E-state index contributed by atoms with van der Waals surface area (Å²) < 4.78 is 5.36. The fourth-order valence-corrected chi connectivity index (χ4v) is 3.74. The van der Waals surface area contributed by atoms with Crippen LogP contribution < -0.4 is 5.32 Å². The van der Waals surface area contributed by atoms with Crippen LogP contribution in [0.2, 0.25) is 0 Å². The van der Waals surface area contributed by atoms with Gasteiger partial charge in [-0.15, -0.1) is 0 Å². The molecule has 4 rings (SSSR count). The molecule has 2 aromatic carbocycles. The van der Waals surface area contributed by atoms with Gasteiger partial charge in [-0.05, 0) is 11.1 Å². The van der Waals surface area contributed by atoms with Gasteiger partial charge in [0.2, 0.25) is 0 Å². The monoisotopic (exact) mass is 365 g/mol. The van der Waals surface area contributed by atoms with Crippen molar-refractivity contribution in [1.29, 1.82) is 0 Å². The first kappa shape index (κ1) is 17.7. The molecule has 6 heteroatoms. The van der Waals surface area contributed by atoms with Crippen LogP contribution in [-0.2, 0) is 21.5 Å². The Morgan fingerprint density at radius 1 is 0.926 bits per heavy atom. The Balaban J connectivity index is 1.66. The second kappa shape index (κ2) is 7.50. The molecule has 0 unspecified atom stereocenters. The van der Waals surface area contributed by atoms with Gasteiger partial charge >= 0.3 is 6.03 Å². The van der Waals surface area contributed by atoms with Crippen LogP contribution in [0.5, 0.6) is 0 Å². The zero-order chi connectivity index (χ0) is 18.7. The maximum atomic E-state index is 13.5. The number of hydrogen-bond donors (Lipinski definition) is 1. The predicted molar refractivity (Wildman–Crippen MR) is 101 cm³/mol. The van der Waals surface area contributed by atoms with Crippen molar-refractivity contribution in [2.24, 2.45) is 0 Å². The largest absolute Gasteiger partial charge is 0.379 e. The number of ether oxygens (including phenoxy) is 1. The minimum atomic E-state index is -1.08. The molecule has 1 N–H and O–H groups in total. The smallest absolute Gasteiger partial charge is 0.326 e. The van der Waals surface area contributed by atoms with Gasteiger partial charge in [0.15, 0.2) is 5.54 Å². The van der Waals surface area contributed by atoms with E-state index in [0.29, 0.717) is 32.7 Å². The topological polar surface area (TPSA) is 61.9 Å². The molecule has 140 valence electrons. The van der Waals surface area contributed by atoms with Crippen LogP contribution in [0.4, 0.5) is 4.79 Å². The number of nitrogens with zero attached hydrogens (tertiary/aromatic N) is 2. The number of hydrogen-bond acceptors (Lipinski definition) is 4. The van der Waals surface area contributed by atoms with E-state index >= 15 is 0 Å². The molecule has 0 aliphatic carbocycles. The van der Waals surface area contributed by atoms with Crippen LogP contribution in [0.25, 0.3) is 0 Å². The van der Waals surface area contributed by atoms with E-state index in [9.17, 15) is 9.59 Å². The van der Waals surface area contributed by atoms with Gasteiger partial charge in [0, 0.05) is 19.5 Å². The standard InChI is InChI=1S/C21H23N3O3/c25-19-21(18-9-5-2-6-10-18,15-17-7-3-1-4-8-17)22-20(26)24(19)16-23-11-13-27-14-12-23/h1-10H,11-16H2,(H,22,26)/t21-/m0/s1. The minimum absolute atomic E-state index is 0.200. The first-order valence-electron chi connectivity index (χ1n) is 9.23. The second-order valence-corrected chi connectivity index (χ2v) is 6.97. The molecule has 1 atom stereocenters. The maximum Gasteiger partial charge on any atom is 0.326 e. The van der Waals surface area contributed by atoms with Gasteiger partial charge < -0.3 is 10.1 Å². The van der Waals surface area contributed by atoms with E-state index in [0.717, 1.165) is 11.1 Å². The summed E-state index contributed by atoms with van der Waals surface area (Å²) >= 11 is 0. The molecular weight excluding hydrogens is 342 g/mol. The zero-order valence-corrected chi connectivity index (χ0v) is 15.1. The summed E-state index contributed by atoms with van der Waals surface area (Å²) in [5.41, 5.74) is 0.728. The van der Waals surface area contributed by atoms with E-state index in [1.165, 1.54) is 4.90 Å². The lowest BCUT2D eigenvalue weighted by molar-refractivity contribution is -0.133. The summed E-state index contributed by atoms with van der Waals surface area (Å²) in [6.07, 6.45) is 0.419. The highest BCUT2D eigenvalue weighted by Gasteiger charge is 2.52. The summed E-state index contributed by atoms with van der Waals surface area (Å²) in [6.45, 7) is 2.97. The predicted octanol–water partition coefficient (Wildman–Crippen LogP) is 1.97. The number of morpholine rings is 1. The third-order valence-electron chi connectivity index (χ3n) is 5.20. The van der Waals surface area contributed by atoms with Crippen molar-refractivity contribution in [3.63, 3.8) is 0 Å². The van der Waals surface area contributed by atoms with Crippen molar-refractivity contribution < 1.29 is 14.3 Å². The third-order valence-corrected chi connectivity index (χ3v) is 5.20. The minimum Gasteiger partial charge on any atom is -0.379 e. The van der Waals surface area contributed by atoms with E-state index in [1.54, 1.807) is 0 Å². The molecule has 2 aromatic rings. The number of carbonyl (C=O) groups excluding carboxylic acids is 2. The van der Waals surface area contributed by atoms with E-state index in [2.05, 4.69) is 10.2 Å².